The normalized spacial score (nSPS) is 23.2. The van der Waals surface area contributed by atoms with Gasteiger partial charge in [0.15, 0.2) is 0 Å². The summed E-state index contributed by atoms with van der Waals surface area (Å²) in [5.74, 6) is -0.272. The summed E-state index contributed by atoms with van der Waals surface area (Å²) in [4.78, 5) is 12.2. The maximum atomic E-state index is 12.2. The molecule has 0 saturated heterocycles. The molecule has 0 spiro atoms. The van der Waals surface area contributed by atoms with Crippen LogP contribution in [-0.4, -0.2) is 11.9 Å². The zero-order valence-electron chi connectivity index (χ0n) is 10.3. The second kappa shape index (κ2) is 6.31. The molecule has 19 heavy (non-hydrogen) atoms. The average Bonchev–Trinajstić information content (AvgIpc) is 2.36. The van der Waals surface area contributed by atoms with E-state index in [9.17, 15) is 4.79 Å². The summed E-state index contributed by atoms with van der Waals surface area (Å²) in [6, 6.07) is 2.98. The lowest BCUT2D eigenvalue weighted by molar-refractivity contribution is -0.121. The lowest BCUT2D eigenvalue weighted by Crippen LogP contribution is -2.40. The number of rotatable bonds is 2. The first kappa shape index (κ1) is 14.9. The summed E-state index contributed by atoms with van der Waals surface area (Å²) in [5.41, 5.74) is 6.46. The fourth-order valence-electron chi connectivity index (χ4n) is 2.33. The Hall–Kier alpha value is -0.480. The summed E-state index contributed by atoms with van der Waals surface area (Å²) in [6.07, 6.45) is 3.80. The van der Waals surface area contributed by atoms with Gasteiger partial charge >= 0.3 is 0 Å². The Kier molecular flexibility index (Phi) is 4.96. The highest BCUT2D eigenvalue weighted by atomic mass is 35.5. The van der Waals surface area contributed by atoms with Crippen molar-refractivity contribution >= 4 is 46.4 Å². The van der Waals surface area contributed by atoms with Gasteiger partial charge in [-0.05, 0) is 25.0 Å². The second-order valence-corrected chi connectivity index (χ2v) is 6.01. The standard InChI is InChI=1S/C13H15Cl3N2O/c14-8-5-10(16)12(6-9(8)15)18-13(19)7-3-1-2-4-11(7)17/h5-7,11H,1-4,17H2,(H,18,19). The van der Waals surface area contributed by atoms with Crippen molar-refractivity contribution in [2.45, 2.75) is 31.7 Å². The van der Waals surface area contributed by atoms with Crippen LogP contribution in [0.5, 0.6) is 0 Å². The molecule has 1 fully saturated rings. The van der Waals surface area contributed by atoms with Gasteiger partial charge in [0, 0.05) is 6.04 Å². The Morgan fingerprint density at radius 3 is 2.42 bits per heavy atom. The molecule has 1 amide bonds. The molecule has 6 heteroatoms. The van der Waals surface area contributed by atoms with Gasteiger partial charge < -0.3 is 11.1 Å². The van der Waals surface area contributed by atoms with Gasteiger partial charge in [0.2, 0.25) is 5.91 Å². The number of benzene rings is 1. The molecule has 1 saturated carbocycles. The number of anilines is 1. The maximum absolute atomic E-state index is 12.2. The van der Waals surface area contributed by atoms with Crippen LogP contribution in [0.3, 0.4) is 0 Å². The number of carbonyl (C=O) groups is 1. The largest absolute Gasteiger partial charge is 0.327 e. The summed E-state index contributed by atoms with van der Waals surface area (Å²) in [6.45, 7) is 0. The molecular formula is C13H15Cl3N2O. The van der Waals surface area contributed by atoms with E-state index in [1.54, 1.807) is 6.07 Å². The van der Waals surface area contributed by atoms with Crippen molar-refractivity contribution in [3.05, 3.63) is 27.2 Å². The zero-order valence-corrected chi connectivity index (χ0v) is 12.5. The van der Waals surface area contributed by atoms with Gasteiger partial charge in [-0.1, -0.05) is 47.6 Å². The minimum absolute atomic E-state index is 0.0877. The van der Waals surface area contributed by atoms with Crippen LogP contribution in [0, 0.1) is 5.92 Å². The number of nitrogens with two attached hydrogens (primary N) is 1. The first-order chi connectivity index (χ1) is 8.99. The molecule has 3 nitrogen and oxygen atoms in total. The van der Waals surface area contributed by atoms with Crippen molar-refractivity contribution in [2.75, 3.05) is 5.32 Å². The third kappa shape index (κ3) is 3.54. The highest BCUT2D eigenvalue weighted by Gasteiger charge is 2.28. The quantitative estimate of drug-likeness (QED) is 0.806. The SMILES string of the molecule is NC1CCCCC1C(=O)Nc1cc(Cl)c(Cl)cc1Cl. The number of amides is 1. The molecule has 104 valence electrons. The molecule has 2 unspecified atom stereocenters. The van der Waals surface area contributed by atoms with Gasteiger partial charge in [0.05, 0.1) is 26.7 Å². The van der Waals surface area contributed by atoms with Crippen LogP contribution in [0.2, 0.25) is 15.1 Å². The number of hydrogen-bond acceptors (Lipinski definition) is 2. The summed E-state index contributed by atoms with van der Waals surface area (Å²) >= 11 is 17.8. The van der Waals surface area contributed by atoms with Crippen LogP contribution < -0.4 is 11.1 Å². The van der Waals surface area contributed by atoms with Crippen molar-refractivity contribution in [1.29, 1.82) is 0 Å². The first-order valence-corrected chi connectivity index (χ1v) is 7.33. The fourth-order valence-corrected chi connectivity index (χ4v) is 2.92. The molecule has 0 aromatic heterocycles. The Morgan fingerprint density at radius 2 is 1.74 bits per heavy atom. The third-order valence-electron chi connectivity index (χ3n) is 3.42. The average molecular weight is 322 g/mol. The van der Waals surface area contributed by atoms with E-state index in [1.807, 2.05) is 0 Å². The molecule has 2 rings (SSSR count). The van der Waals surface area contributed by atoms with Crippen molar-refractivity contribution in [1.82, 2.24) is 0 Å². The number of carbonyl (C=O) groups excluding carboxylic acids is 1. The lowest BCUT2D eigenvalue weighted by Gasteiger charge is -2.27. The minimum Gasteiger partial charge on any atom is -0.327 e. The van der Waals surface area contributed by atoms with E-state index in [0.717, 1.165) is 25.7 Å². The lowest BCUT2D eigenvalue weighted by atomic mass is 9.84. The zero-order chi connectivity index (χ0) is 14.0. The van der Waals surface area contributed by atoms with E-state index >= 15 is 0 Å². The Labute approximate surface area is 127 Å². The minimum atomic E-state index is -0.167. The van der Waals surface area contributed by atoms with E-state index in [1.165, 1.54) is 6.07 Å². The van der Waals surface area contributed by atoms with Crippen LogP contribution >= 0.6 is 34.8 Å². The molecule has 2 atom stereocenters. The summed E-state index contributed by atoms with van der Waals surface area (Å²) in [7, 11) is 0. The van der Waals surface area contributed by atoms with Crippen LogP contribution in [0.25, 0.3) is 0 Å². The van der Waals surface area contributed by atoms with Gasteiger partial charge in [-0.15, -0.1) is 0 Å². The van der Waals surface area contributed by atoms with Gasteiger partial charge in [-0.2, -0.15) is 0 Å². The van der Waals surface area contributed by atoms with E-state index in [4.69, 9.17) is 40.5 Å². The van der Waals surface area contributed by atoms with Gasteiger partial charge in [-0.25, -0.2) is 0 Å². The van der Waals surface area contributed by atoms with Crippen molar-refractivity contribution in [3.63, 3.8) is 0 Å². The topological polar surface area (TPSA) is 55.1 Å². The number of nitrogens with one attached hydrogen (secondary N) is 1. The van der Waals surface area contributed by atoms with E-state index in [2.05, 4.69) is 5.32 Å². The predicted molar refractivity (Wildman–Crippen MR) is 80.0 cm³/mol. The molecule has 1 aromatic rings. The van der Waals surface area contributed by atoms with E-state index in [0.29, 0.717) is 20.8 Å². The van der Waals surface area contributed by atoms with Crippen molar-refractivity contribution < 1.29 is 4.79 Å². The third-order valence-corrected chi connectivity index (χ3v) is 4.46. The monoisotopic (exact) mass is 320 g/mol. The summed E-state index contributed by atoms with van der Waals surface area (Å²) in [5, 5.41) is 3.87. The second-order valence-electron chi connectivity index (χ2n) is 4.79. The molecule has 3 N–H and O–H groups in total. The fraction of sp³-hybridized carbons (Fsp3) is 0.462. The van der Waals surface area contributed by atoms with Gasteiger partial charge in [-0.3, -0.25) is 4.79 Å². The molecule has 1 aliphatic carbocycles. The summed E-state index contributed by atoms with van der Waals surface area (Å²) < 4.78 is 0. The first-order valence-electron chi connectivity index (χ1n) is 6.20. The Balaban J connectivity index is 2.12. The van der Waals surface area contributed by atoms with Gasteiger partial charge in [0.1, 0.15) is 0 Å². The van der Waals surface area contributed by atoms with Crippen molar-refractivity contribution in [2.24, 2.45) is 11.7 Å². The maximum Gasteiger partial charge on any atom is 0.229 e. The van der Waals surface area contributed by atoms with Crippen molar-refractivity contribution in [3.8, 4) is 0 Å². The Bertz CT molecular complexity index is 493. The van der Waals surface area contributed by atoms with Crippen LogP contribution in [0.15, 0.2) is 12.1 Å². The predicted octanol–water partition coefficient (Wildman–Crippen LogP) is 4.10. The molecule has 1 aromatic carbocycles. The molecule has 1 aliphatic rings. The van der Waals surface area contributed by atoms with E-state index in [-0.39, 0.29) is 17.9 Å². The molecule has 0 bridgehead atoms. The smallest absolute Gasteiger partial charge is 0.229 e. The van der Waals surface area contributed by atoms with E-state index < -0.39 is 0 Å². The van der Waals surface area contributed by atoms with Crippen LogP contribution in [-0.2, 0) is 4.79 Å². The van der Waals surface area contributed by atoms with Crippen LogP contribution in [0.4, 0.5) is 5.69 Å². The number of halogens is 3. The number of hydrogen-bond donors (Lipinski definition) is 2. The van der Waals surface area contributed by atoms with Gasteiger partial charge in [0.25, 0.3) is 0 Å². The Morgan fingerprint density at radius 1 is 1.11 bits per heavy atom. The van der Waals surface area contributed by atoms with Crippen LogP contribution in [0.1, 0.15) is 25.7 Å². The highest BCUT2D eigenvalue weighted by Crippen LogP contribution is 2.33. The molecule has 0 aliphatic heterocycles. The molecular weight excluding hydrogens is 307 g/mol. The highest BCUT2D eigenvalue weighted by molar-refractivity contribution is 6.44. The molecule has 0 radical (unpaired) electrons. The molecule has 0 heterocycles.